The summed E-state index contributed by atoms with van der Waals surface area (Å²) in [6.45, 7) is 6.43. The van der Waals surface area contributed by atoms with Crippen molar-refractivity contribution in [3.63, 3.8) is 0 Å². The van der Waals surface area contributed by atoms with Gasteiger partial charge in [0.2, 0.25) is 0 Å². The van der Waals surface area contributed by atoms with E-state index >= 15 is 0 Å². The van der Waals surface area contributed by atoms with Crippen LogP contribution in [0, 0.1) is 12.3 Å². The minimum atomic E-state index is -0.761. The van der Waals surface area contributed by atoms with Gasteiger partial charge in [0.15, 0.2) is 11.4 Å². The van der Waals surface area contributed by atoms with Gasteiger partial charge in [-0.25, -0.2) is 0 Å². The van der Waals surface area contributed by atoms with Crippen LogP contribution in [0.25, 0.3) is 0 Å². The van der Waals surface area contributed by atoms with E-state index in [9.17, 15) is 0 Å². The van der Waals surface area contributed by atoms with E-state index in [1.807, 2.05) is 45.0 Å². The molecule has 0 spiro atoms. The standard InChI is InChI=1S/C17H22O4/c1-6-17(4)15(20-16(2,3)21-17)12-19-11-13-7-9-14(18-5)10-8-13/h1,7-10,15H,11-12H2,2-5H3/t15-,17-/m1/s1. The van der Waals surface area contributed by atoms with Crippen molar-refractivity contribution in [2.24, 2.45) is 0 Å². The highest BCUT2D eigenvalue weighted by molar-refractivity contribution is 5.26. The van der Waals surface area contributed by atoms with Crippen LogP contribution in [0.1, 0.15) is 26.3 Å². The van der Waals surface area contributed by atoms with Crippen molar-refractivity contribution in [2.45, 2.75) is 44.9 Å². The number of hydrogen-bond donors (Lipinski definition) is 0. The molecule has 0 unspecified atom stereocenters. The van der Waals surface area contributed by atoms with E-state index in [4.69, 9.17) is 25.4 Å². The van der Waals surface area contributed by atoms with E-state index in [0.717, 1.165) is 11.3 Å². The van der Waals surface area contributed by atoms with Gasteiger partial charge in [-0.15, -0.1) is 6.42 Å². The molecule has 4 heteroatoms. The minimum absolute atomic E-state index is 0.282. The normalized spacial score (nSPS) is 27.3. The molecule has 4 nitrogen and oxygen atoms in total. The molecule has 2 atom stereocenters. The Hall–Kier alpha value is -1.54. The summed E-state index contributed by atoms with van der Waals surface area (Å²) >= 11 is 0. The zero-order valence-electron chi connectivity index (χ0n) is 13.0. The van der Waals surface area contributed by atoms with Crippen molar-refractivity contribution in [1.82, 2.24) is 0 Å². The van der Waals surface area contributed by atoms with E-state index in [-0.39, 0.29) is 6.10 Å². The fourth-order valence-corrected chi connectivity index (χ4v) is 2.38. The summed E-state index contributed by atoms with van der Waals surface area (Å²) in [4.78, 5) is 0. The van der Waals surface area contributed by atoms with Gasteiger partial charge in [0.05, 0.1) is 20.3 Å². The first kappa shape index (κ1) is 15.8. The monoisotopic (exact) mass is 290 g/mol. The summed E-state index contributed by atoms with van der Waals surface area (Å²) in [6, 6.07) is 7.75. The quantitative estimate of drug-likeness (QED) is 0.781. The maximum atomic E-state index is 5.82. The molecule has 0 radical (unpaired) electrons. The van der Waals surface area contributed by atoms with Gasteiger partial charge >= 0.3 is 0 Å². The van der Waals surface area contributed by atoms with Crippen LogP contribution in [0.3, 0.4) is 0 Å². The third-order valence-electron chi connectivity index (χ3n) is 3.48. The lowest BCUT2D eigenvalue weighted by atomic mass is 10.0. The summed E-state index contributed by atoms with van der Waals surface area (Å²) in [7, 11) is 1.64. The van der Waals surface area contributed by atoms with E-state index in [1.165, 1.54) is 0 Å². The van der Waals surface area contributed by atoms with Crippen LogP contribution in [0.5, 0.6) is 5.75 Å². The molecule has 1 aromatic rings. The SMILES string of the molecule is C#C[C@@]1(C)OC(C)(C)O[C@@H]1COCc1ccc(OC)cc1. The second-order valence-electron chi connectivity index (χ2n) is 5.72. The molecule has 0 bridgehead atoms. The Bertz CT molecular complexity index is 515. The first-order chi connectivity index (χ1) is 9.88. The molecular weight excluding hydrogens is 268 g/mol. The zero-order valence-corrected chi connectivity index (χ0v) is 13.0. The third kappa shape index (κ3) is 3.76. The highest BCUT2D eigenvalue weighted by Gasteiger charge is 2.49. The maximum absolute atomic E-state index is 5.82. The average molecular weight is 290 g/mol. The number of terminal acetylenes is 1. The van der Waals surface area contributed by atoms with Crippen LogP contribution in [0.15, 0.2) is 24.3 Å². The average Bonchev–Trinajstić information content (AvgIpc) is 2.69. The fraction of sp³-hybridized carbons (Fsp3) is 0.529. The molecule has 0 N–H and O–H groups in total. The van der Waals surface area contributed by atoms with E-state index < -0.39 is 11.4 Å². The van der Waals surface area contributed by atoms with Gasteiger partial charge in [0.25, 0.3) is 0 Å². The van der Waals surface area contributed by atoms with Crippen molar-refractivity contribution in [2.75, 3.05) is 13.7 Å². The van der Waals surface area contributed by atoms with E-state index in [2.05, 4.69) is 5.92 Å². The van der Waals surface area contributed by atoms with Crippen molar-refractivity contribution in [3.05, 3.63) is 29.8 Å². The lowest BCUT2D eigenvalue weighted by Crippen LogP contribution is -2.38. The number of ether oxygens (including phenoxy) is 4. The van der Waals surface area contributed by atoms with Crippen molar-refractivity contribution in [3.8, 4) is 18.1 Å². The molecule has 1 aliphatic heterocycles. The molecule has 0 aromatic heterocycles. The second kappa shape index (κ2) is 6.07. The van der Waals surface area contributed by atoms with Crippen LogP contribution < -0.4 is 4.74 Å². The largest absolute Gasteiger partial charge is 0.497 e. The smallest absolute Gasteiger partial charge is 0.165 e. The van der Waals surface area contributed by atoms with Crippen LogP contribution in [0.4, 0.5) is 0 Å². The highest BCUT2D eigenvalue weighted by Crippen LogP contribution is 2.36. The summed E-state index contributed by atoms with van der Waals surface area (Å²) in [5, 5.41) is 0. The Labute approximate surface area is 126 Å². The van der Waals surface area contributed by atoms with Crippen molar-refractivity contribution in [1.29, 1.82) is 0 Å². The highest BCUT2D eigenvalue weighted by atomic mass is 16.8. The van der Waals surface area contributed by atoms with Crippen LogP contribution in [-0.4, -0.2) is 31.2 Å². The van der Waals surface area contributed by atoms with Gasteiger partial charge in [-0.3, -0.25) is 0 Å². The van der Waals surface area contributed by atoms with Gasteiger partial charge < -0.3 is 18.9 Å². The fourth-order valence-electron chi connectivity index (χ4n) is 2.38. The molecule has 114 valence electrons. The Kier molecular flexibility index (Phi) is 4.58. The van der Waals surface area contributed by atoms with Gasteiger partial charge in [0, 0.05) is 0 Å². The van der Waals surface area contributed by atoms with Crippen LogP contribution >= 0.6 is 0 Å². The molecule has 1 fully saturated rings. The van der Waals surface area contributed by atoms with Crippen LogP contribution in [-0.2, 0) is 20.8 Å². The first-order valence-electron chi connectivity index (χ1n) is 6.95. The summed E-state index contributed by atoms with van der Waals surface area (Å²) < 4.78 is 22.4. The number of methoxy groups -OCH3 is 1. The number of hydrogen-bond acceptors (Lipinski definition) is 4. The summed E-state index contributed by atoms with van der Waals surface area (Å²) in [5.74, 6) is 2.81. The van der Waals surface area contributed by atoms with E-state index in [0.29, 0.717) is 13.2 Å². The van der Waals surface area contributed by atoms with E-state index in [1.54, 1.807) is 7.11 Å². The van der Waals surface area contributed by atoms with Gasteiger partial charge in [-0.05, 0) is 38.5 Å². The first-order valence-corrected chi connectivity index (χ1v) is 6.95. The van der Waals surface area contributed by atoms with Crippen LogP contribution in [0.2, 0.25) is 0 Å². The number of benzene rings is 1. The lowest BCUT2D eigenvalue weighted by molar-refractivity contribution is -0.155. The summed E-state index contributed by atoms with van der Waals surface area (Å²) in [6.07, 6.45) is 5.29. The van der Waals surface area contributed by atoms with Gasteiger partial charge in [-0.1, -0.05) is 18.1 Å². The molecule has 1 heterocycles. The lowest BCUT2D eigenvalue weighted by Gasteiger charge is -2.22. The molecular formula is C17H22O4. The van der Waals surface area contributed by atoms with Gasteiger partial charge in [-0.2, -0.15) is 0 Å². The molecule has 1 aliphatic rings. The Morgan fingerprint density at radius 1 is 1.24 bits per heavy atom. The molecule has 2 rings (SSSR count). The Morgan fingerprint density at radius 3 is 2.48 bits per heavy atom. The second-order valence-corrected chi connectivity index (χ2v) is 5.72. The number of rotatable bonds is 5. The Balaban J connectivity index is 1.89. The third-order valence-corrected chi connectivity index (χ3v) is 3.48. The molecule has 0 aliphatic carbocycles. The molecule has 0 saturated carbocycles. The predicted octanol–water partition coefficient (Wildman–Crippen LogP) is 2.76. The maximum Gasteiger partial charge on any atom is 0.165 e. The molecule has 1 aromatic carbocycles. The zero-order chi connectivity index (χ0) is 15.5. The van der Waals surface area contributed by atoms with Crippen molar-refractivity contribution >= 4 is 0 Å². The Morgan fingerprint density at radius 2 is 1.90 bits per heavy atom. The molecule has 21 heavy (non-hydrogen) atoms. The molecule has 1 saturated heterocycles. The predicted molar refractivity (Wildman–Crippen MR) is 79.9 cm³/mol. The minimum Gasteiger partial charge on any atom is -0.497 e. The summed E-state index contributed by atoms with van der Waals surface area (Å²) in [5.41, 5.74) is 0.306. The van der Waals surface area contributed by atoms with Crippen molar-refractivity contribution < 1.29 is 18.9 Å². The topological polar surface area (TPSA) is 36.9 Å². The van der Waals surface area contributed by atoms with Gasteiger partial charge in [0.1, 0.15) is 11.9 Å². The molecule has 0 amide bonds.